The number of rotatable bonds is 8. The summed E-state index contributed by atoms with van der Waals surface area (Å²) in [5, 5.41) is 5.78. The Morgan fingerprint density at radius 2 is 1.85 bits per heavy atom. The van der Waals surface area contributed by atoms with E-state index < -0.39 is 27.9 Å². The van der Waals surface area contributed by atoms with Crippen LogP contribution in [-0.2, 0) is 26.2 Å². The molecule has 2 fully saturated rings. The number of amides is 2. The van der Waals surface area contributed by atoms with Gasteiger partial charge in [-0.3, -0.25) is 14.5 Å². The molecule has 0 bridgehead atoms. The molecule has 0 aromatic heterocycles. The maximum Gasteiger partial charge on any atom is 0.240 e. The van der Waals surface area contributed by atoms with Gasteiger partial charge in [-0.15, -0.1) is 0 Å². The number of carbonyl (C=O) groups excluding carboxylic acids is 2. The van der Waals surface area contributed by atoms with E-state index in [1.807, 2.05) is 35.2 Å². The van der Waals surface area contributed by atoms with Crippen molar-refractivity contribution < 1.29 is 22.4 Å². The SMILES string of the molecule is O=C(CCC1CNC(=O)C2CC(NS(=O)(=O)c3ccc(F)cc3)CN12)NCc1ccccc1. The first kappa shape index (κ1) is 23.3. The lowest BCUT2D eigenvalue weighted by molar-refractivity contribution is -0.129. The van der Waals surface area contributed by atoms with E-state index >= 15 is 0 Å². The number of hydrogen-bond donors (Lipinski definition) is 3. The third-order valence-corrected chi connectivity index (χ3v) is 7.64. The Bertz CT molecular complexity index is 1100. The zero-order valence-electron chi connectivity index (χ0n) is 18.0. The van der Waals surface area contributed by atoms with Gasteiger partial charge >= 0.3 is 0 Å². The molecule has 2 aliphatic heterocycles. The second-order valence-electron chi connectivity index (χ2n) is 8.42. The zero-order chi connectivity index (χ0) is 23.4. The molecule has 2 amide bonds. The van der Waals surface area contributed by atoms with E-state index in [1.54, 1.807) is 0 Å². The molecule has 2 aliphatic rings. The molecule has 2 aromatic carbocycles. The molecule has 2 heterocycles. The molecule has 4 rings (SSSR count). The van der Waals surface area contributed by atoms with Gasteiger partial charge in [0.1, 0.15) is 5.82 Å². The van der Waals surface area contributed by atoms with Crippen LogP contribution in [0, 0.1) is 5.82 Å². The number of nitrogens with one attached hydrogen (secondary N) is 3. The van der Waals surface area contributed by atoms with Gasteiger partial charge in [0.05, 0.1) is 10.9 Å². The molecule has 0 radical (unpaired) electrons. The first-order valence-corrected chi connectivity index (χ1v) is 12.4. The summed E-state index contributed by atoms with van der Waals surface area (Å²) < 4.78 is 41.1. The Kier molecular flexibility index (Phi) is 7.06. The minimum absolute atomic E-state index is 0.0233. The van der Waals surface area contributed by atoms with Crippen molar-refractivity contribution in [3.63, 3.8) is 0 Å². The standard InChI is InChI=1S/C23H27FN4O4S/c24-17-6-9-20(10-7-17)33(31,32)27-18-12-21-23(30)26-14-19(28(21)15-18)8-11-22(29)25-13-16-4-2-1-3-5-16/h1-7,9-10,18-19,21,27H,8,11-15H2,(H,25,29)(H,26,30). The first-order valence-electron chi connectivity index (χ1n) is 10.9. The first-order chi connectivity index (χ1) is 15.8. The third kappa shape index (κ3) is 5.76. The van der Waals surface area contributed by atoms with Crippen LogP contribution >= 0.6 is 0 Å². The number of sulfonamides is 1. The van der Waals surface area contributed by atoms with Crippen LogP contribution in [0.5, 0.6) is 0 Å². The summed E-state index contributed by atoms with van der Waals surface area (Å²) in [6.07, 6.45) is 1.19. The summed E-state index contributed by atoms with van der Waals surface area (Å²) in [4.78, 5) is 26.7. The second kappa shape index (κ2) is 9.98. The Morgan fingerprint density at radius 3 is 2.58 bits per heavy atom. The molecule has 3 N–H and O–H groups in total. The van der Waals surface area contributed by atoms with Gasteiger partial charge in [-0.25, -0.2) is 17.5 Å². The molecule has 3 unspecified atom stereocenters. The fraction of sp³-hybridized carbons (Fsp3) is 0.391. The highest BCUT2D eigenvalue weighted by atomic mass is 32.2. The number of piperazine rings is 1. The van der Waals surface area contributed by atoms with Crippen molar-refractivity contribution in [3.05, 3.63) is 66.0 Å². The van der Waals surface area contributed by atoms with Gasteiger partial charge in [-0.2, -0.15) is 0 Å². The highest BCUT2D eigenvalue weighted by molar-refractivity contribution is 7.89. The monoisotopic (exact) mass is 474 g/mol. The fourth-order valence-electron chi connectivity index (χ4n) is 4.41. The van der Waals surface area contributed by atoms with Crippen LogP contribution in [0.2, 0.25) is 0 Å². The number of halogens is 1. The Hall–Kier alpha value is -2.82. The van der Waals surface area contributed by atoms with Gasteiger partial charge in [0.15, 0.2) is 0 Å². The van der Waals surface area contributed by atoms with Crippen LogP contribution in [0.15, 0.2) is 59.5 Å². The molecule has 0 aliphatic carbocycles. The van der Waals surface area contributed by atoms with Gasteiger partial charge in [0.2, 0.25) is 21.8 Å². The van der Waals surface area contributed by atoms with Crippen molar-refractivity contribution in [1.29, 1.82) is 0 Å². The number of benzene rings is 2. The van der Waals surface area contributed by atoms with E-state index in [4.69, 9.17) is 0 Å². The molecule has 33 heavy (non-hydrogen) atoms. The van der Waals surface area contributed by atoms with Crippen molar-refractivity contribution >= 4 is 21.8 Å². The third-order valence-electron chi connectivity index (χ3n) is 6.11. The predicted octanol–water partition coefficient (Wildman–Crippen LogP) is 1.14. The largest absolute Gasteiger partial charge is 0.353 e. The molecule has 176 valence electrons. The lowest BCUT2D eigenvalue weighted by Gasteiger charge is -2.37. The summed E-state index contributed by atoms with van der Waals surface area (Å²) in [7, 11) is -3.84. The molecular formula is C23H27FN4O4S. The average Bonchev–Trinajstić information content (AvgIpc) is 3.22. The number of fused-ring (bicyclic) bond motifs is 1. The average molecular weight is 475 g/mol. The highest BCUT2D eigenvalue weighted by Crippen LogP contribution is 2.27. The van der Waals surface area contributed by atoms with Crippen LogP contribution in [0.4, 0.5) is 4.39 Å². The summed E-state index contributed by atoms with van der Waals surface area (Å²) in [5.41, 5.74) is 1.02. The molecule has 2 saturated heterocycles. The molecule has 10 heteroatoms. The lowest BCUT2D eigenvalue weighted by atomic mass is 10.0. The van der Waals surface area contributed by atoms with Crippen LogP contribution < -0.4 is 15.4 Å². The predicted molar refractivity (Wildman–Crippen MR) is 120 cm³/mol. The van der Waals surface area contributed by atoms with Crippen molar-refractivity contribution in [2.75, 3.05) is 13.1 Å². The summed E-state index contributed by atoms with van der Waals surface area (Å²) in [5.74, 6) is -0.720. The number of carbonyl (C=O) groups is 2. The van der Waals surface area contributed by atoms with E-state index in [-0.39, 0.29) is 22.8 Å². The van der Waals surface area contributed by atoms with Crippen LogP contribution in [-0.4, -0.2) is 56.3 Å². The smallest absolute Gasteiger partial charge is 0.240 e. The van der Waals surface area contributed by atoms with Gasteiger partial charge in [-0.1, -0.05) is 30.3 Å². The quantitative estimate of drug-likeness (QED) is 0.532. The second-order valence-corrected chi connectivity index (χ2v) is 10.1. The molecule has 8 nitrogen and oxygen atoms in total. The number of nitrogens with zero attached hydrogens (tertiary/aromatic N) is 1. The zero-order valence-corrected chi connectivity index (χ0v) is 18.9. The Labute approximate surface area is 192 Å². The van der Waals surface area contributed by atoms with Crippen molar-refractivity contribution in [3.8, 4) is 0 Å². The Balaban J connectivity index is 1.33. The van der Waals surface area contributed by atoms with Crippen molar-refractivity contribution in [2.24, 2.45) is 0 Å². The highest BCUT2D eigenvalue weighted by Gasteiger charge is 2.44. The van der Waals surface area contributed by atoms with Gasteiger partial charge in [0.25, 0.3) is 0 Å². The van der Waals surface area contributed by atoms with Crippen LogP contribution in [0.3, 0.4) is 0 Å². The molecular weight excluding hydrogens is 447 g/mol. The molecule has 0 spiro atoms. The maximum absolute atomic E-state index is 13.1. The minimum atomic E-state index is -3.84. The molecule has 2 aromatic rings. The van der Waals surface area contributed by atoms with E-state index in [0.717, 1.165) is 17.7 Å². The van der Waals surface area contributed by atoms with Crippen LogP contribution in [0.1, 0.15) is 24.8 Å². The summed E-state index contributed by atoms with van der Waals surface area (Å²) in [6, 6.07) is 13.3. The fourth-order valence-corrected chi connectivity index (χ4v) is 5.65. The summed E-state index contributed by atoms with van der Waals surface area (Å²) in [6.45, 7) is 1.24. The van der Waals surface area contributed by atoms with Crippen LogP contribution in [0.25, 0.3) is 0 Å². The molecule has 3 atom stereocenters. The summed E-state index contributed by atoms with van der Waals surface area (Å²) >= 11 is 0. The lowest BCUT2D eigenvalue weighted by Crippen LogP contribution is -2.58. The van der Waals surface area contributed by atoms with Crippen molar-refractivity contribution in [1.82, 2.24) is 20.3 Å². The van der Waals surface area contributed by atoms with Gasteiger partial charge in [0, 0.05) is 38.1 Å². The normalized spacial score (nSPS) is 23.1. The maximum atomic E-state index is 13.1. The minimum Gasteiger partial charge on any atom is -0.353 e. The Morgan fingerprint density at radius 1 is 1.12 bits per heavy atom. The molecule has 0 saturated carbocycles. The van der Waals surface area contributed by atoms with Gasteiger partial charge < -0.3 is 10.6 Å². The van der Waals surface area contributed by atoms with Gasteiger partial charge in [-0.05, 0) is 42.7 Å². The van der Waals surface area contributed by atoms with E-state index in [9.17, 15) is 22.4 Å². The van der Waals surface area contributed by atoms with Crippen molar-refractivity contribution in [2.45, 2.75) is 48.8 Å². The van der Waals surface area contributed by atoms with E-state index in [2.05, 4.69) is 15.4 Å². The van der Waals surface area contributed by atoms with E-state index in [0.29, 0.717) is 38.9 Å². The topological polar surface area (TPSA) is 108 Å². The number of hydrogen-bond acceptors (Lipinski definition) is 5. The van der Waals surface area contributed by atoms with E-state index in [1.165, 1.54) is 12.1 Å².